The quantitative estimate of drug-likeness (QED) is 0.834. The molecule has 1 heterocycles. The van der Waals surface area contributed by atoms with Gasteiger partial charge in [-0.2, -0.15) is 0 Å². The van der Waals surface area contributed by atoms with Crippen LogP contribution in [0.15, 0.2) is 5.38 Å². The largest absolute Gasteiger partial charge is 0.462 e. The van der Waals surface area contributed by atoms with Crippen molar-refractivity contribution < 1.29 is 14.3 Å². The van der Waals surface area contributed by atoms with Gasteiger partial charge in [-0.15, -0.1) is 11.3 Å². The molecule has 0 radical (unpaired) electrons. The van der Waals surface area contributed by atoms with Gasteiger partial charge in [-0.25, -0.2) is 4.79 Å². The van der Waals surface area contributed by atoms with Crippen LogP contribution < -0.4 is 5.32 Å². The Balaban J connectivity index is 2.28. The second-order valence-electron chi connectivity index (χ2n) is 4.29. The highest BCUT2D eigenvalue weighted by Crippen LogP contribution is 2.46. The van der Waals surface area contributed by atoms with E-state index in [0.29, 0.717) is 29.5 Å². The van der Waals surface area contributed by atoms with Gasteiger partial charge in [0, 0.05) is 6.42 Å². The lowest BCUT2D eigenvalue weighted by Gasteiger charge is -2.07. The van der Waals surface area contributed by atoms with Gasteiger partial charge in [0.2, 0.25) is 5.91 Å². The Labute approximate surface area is 110 Å². The van der Waals surface area contributed by atoms with Gasteiger partial charge >= 0.3 is 5.97 Å². The lowest BCUT2D eigenvalue weighted by atomic mass is 10.1. The molecule has 5 heteroatoms. The van der Waals surface area contributed by atoms with Crippen molar-refractivity contribution in [2.45, 2.75) is 39.0 Å². The van der Waals surface area contributed by atoms with Crippen LogP contribution in [0.5, 0.6) is 0 Å². The summed E-state index contributed by atoms with van der Waals surface area (Å²) in [5.74, 6) is 0.0599. The second-order valence-corrected chi connectivity index (χ2v) is 5.17. The third kappa shape index (κ3) is 2.72. The summed E-state index contributed by atoms with van der Waals surface area (Å²) in [4.78, 5) is 23.4. The van der Waals surface area contributed by atoms with E-state index in [-0.39, 0.29) is 11.9 Å². The molecule has 1 aromatic heterocycles. The molecule has 0 aromatic carbocycles. The molecule has 1 aromatic rings. The first-order valence-electron chi connectivity index (χ1n) is 6.25. The SMILES string of the molecule is CCOC(=O)c1c(C2CC2)csc1NC(=O)CC. The minimum atomic E-state index is -0.327. The summed E-state index contributed by atoms with van der Waals surface area (Å²) in [7, 11) is 0. The molecule has 1 aliphatic carbocycles. The molecule has 2 rings (SSSR count). The first-order valence-corrected chi connectivity index (χ1v) is 7.13. The minimum absolute atomic E-state index is 0.0789. The highest BCUT2D eigenvalue weighted by molar-refractivity contribution is 7.15. The fraction of sp³-hybridized carbons (Fsp3) is 0.538. The Morgan fingerprint density at radius 3 is 2.72 bits per heavy atom. The number of esters is 1. The van der Waals surface area contributed by atoms with Crippen molar-refractivity contribution in [3.63, 3.8) is 0 Å². The molecule has 1 fully saturated rings. The topological polar surface area (TPSA) is 55.4 Å². The van der Waals surface area contributed by atoms with Gasteiger partial charge in [-0.3, -0.25) is 4.79 Å². The lowest BCUT2D eigenvalue weighted by Crippen LogP contribution is -2.13. The first-order chi connectivity index (χ1) is 8.67. The highest BCUT2D eigenvalue weighted by atomic mass is 32.1. The van der Waals surface area contributed by atoms with E-state index < -0.39 is 0 Å². The molecule has 4 nitrogen and oxygen atoms in total. The molecule has 0 bridgehead atoms. The fourth-order valence-corrected chi connectivity index (χ4v) is 2.83. The zero-order valence-corrected chi connectivity index (χ0v) is 11.4. The zero-order valence-electron chi connectivity index (χ0n) is 10.6. The first kappa shape index (κ1) is 13.1. The van der Waals surface area contributed by atoms with Gasteiger partial charge in [0.15, 0.2) is 0 Å². The highest BCUT2D eigenvalue weighted by Gasteiger charge is 2.32. The molecule has 98 valence electrons. The van der Waals surface area contributed by atoms with Gasteiger partial charge < -0.3 is 10.1 Å². The van der Waals surface area contributed by atoms with E-state index in [4.69, 9.17) is 4.74 Å². The third-order valence-electron chi connectivity index (χ3n) is 2.89. The average molecular weight is 267 g/mol. The lowest BCUT2D eigenvalue weighted by molar-refractivity contribution is -0.115. The van der Waals surface area contributed by atoms with Gasteiger partial charge in [-0.05, 0) is 36.6 Å². The molecule has 18 heavy (non-hydrogen) atoms. The number of ether oxygens (including phenoxy) is 1. The predicted octanol–water partition coefficient (Wildman–Crippen LogP) is 3.15. The monoisotopic (exact) mass is 267 g/mol. The molecule has 0 spiro atoms. The molecule has 0 unspecified atom stereocenters. The maximum atomic E-state index is 12.0. The van der Waals surface area contributed by atoms with Crippen molar-refractivity contribution in [3.8, 4) is 0 Å². The van der Waals surface area contributed by atoms with Crippen LogP contribution in [0.4, 0.5) is 5.00 Å². The predicted molar refractivity (Wildman–Crippen MR) is 71.2 cm³/mol. The molecule has 1 saturated carbocycles. The molecular weight excluding hydrogens is 250 g/mol. The van der Waals surface area contributed by atoms with Crippen LogP contribution in [0.25, 0.3) is 0 Å². The van der Waals surface area contributed by atoms with Gasteiger partial charge in [0.1, 0.15) is 5.00 Å². The van der Waals surface area contributed by atoms with Crippen LogP contribution >= 0.6 is 11.3 Å². The van der Waals surface area contributed by atoms with Crippen molar-refractivity contribution >= 4 is 28.2 Å². The summed E-state index contributed by atoms with van der Waals surface area (Å²) < 4.78 is 5.08. The standard InChI is InChI=1S/C13H17NO3S/c1-3-10(15)14-12-11(13(16)17-4-2)9(7-18-12)8-5-6-8/h7-8H,3-6H2,1-2H3,(H,14,15). The molecule has 1 N–H and O–H groups in total. The summed E-state index contributed by atoms with van der Waals surface area (Å²) in [6.45, 7) is 3.92. The maximum absolute atomic E-state index is 12.0. The van der Waals surface area contributed by atoms with Crippen LogP contribution in [0, 0.1) is 0 Å². The Bertz CT molecular complexity index is 463. The van der Waals surface area contributed by atoms with Crippen LogP contribution in [0.2, 0.25) is 0 Å². The molecular formula is C13H17NO3S. The summed E-state index contributed by atoms with van der Waals surface area (Å²) in [5.41, 5.74) is 1.59. The molecule has 0 atom stereocenters. The number of hydrogen-bond acceptors (Lipinski definition) is 4. The van der Waals surface area contributed by atoms with Crippen molar-refractivity contribution in [1.82, 2.24) is 0 Å². The van der Waals surface area contributed by atoms with E-state index in [1.54, 1.807) is 13.8 Å². The number of anilines is 1. The normalized spacial score (nSPS) is 14.3. The Morgan fingerprint density at radius 2 is 2.17 bits per heavy atom. The average Bonchev–Trinajstić information content (AvgIpc) is 3.11. The van der Waals surface area contributed by atoms with E-state index in [9.17, 15) is 9.59 Å². The smallest absolute Gasteiger partial charge is 0.341 e. The molecule has 1 aliphatic rings. The van der Waals surface area contributed by atoms with Gasteiger partial charge in [-0.1, -0.05) is 6.92 Å². The van der Waals surface area contributed by atoms with Crippen LogP contribution in [0.3, 0.4) is 0 Å². The third-order valence-corrected chi connectivity index (χ3v) is 3.80. The fourth-order valence-electron chi connectivity index (χ4n) is 1.79. The number of amides is 1. The molecule has 1 amide bonds. The minimum Gasteiger partial charge on any atom is -0.462 e. The maximum Gasteiger partial charge on any atom is 0.341 e. The molecule has 0 saturated heterocycles. The van der Waals surface area contributed by atoms with Crippen LogP contribution in [-0.2, 0) is 9.53 Å². The number of carbonyl (C=O) groups excluding carboxylic acids is 2. The number of carbonyl (C=O) groups is 2. The summed E-state index contributed by atoms with van der Waals surface area (Å²) in [5, 5.41) is 5.38. The van der Waals surface area contributed by atoms with E-state index in [2.05, 4.69) is 5.32 Å². The van der Waals surface area contributed by atoms with E-state index in [0.717, 1.165) is 18.4 Å². The number of thiophene rings is 1. The molecule has 0 aliphatic heterocycles. The van der Waals surface area contributed by atoms with Crippen molar-refractivity contribution in [2.75, 3.05) is 11.9 Å². The summed E-state index contributed by atoms with van der Waals surface area (Å²) >= 11 is 1.41. The Hall–Kier alpha value is -1.36. The Morgan fingerprint density at radius 1 is 1.44 bits per heavy atom. The zero-order chi connectivity index (χ0) is 13.1. The van der Waals surface area contributed by atoms with Gasteiger partial charge in [0.25, 0.3) is 0 Å². The van der Waals surface area contributed by atoms with Gasteiger partial charge in [0.05, 0.1) is 12.2 Å². The van der Waals surface area contributed by atoms with Crippen molar-refractivity contribution in [1.29, 1.82) is 0 Å². The van der Waals surface area contributed by atoms with Crippen LogP contribution in [0.1, 0.15) is 54.9 Å². The summed E-state index contributed by atoms with van der Waals surface area (Å²) in [6.07, 6.45) is 2.63. The number of nitrogens with one attached hydrogen (secondary N) is 1. The van der Waals surface area contributed by atoms with Crippen molar-refractivity contribution in [2.24, 2.45) is 0 Å². The number of rotatable bonds is 5. The Kier molecular flexibility index (Phi) is 4.01. The van der Waals surface area contributed by atoms with E-state index >= 15 is 0 Å². The second kappa shape index (κ2) is 5.52. The van der Waals surface area contributed by atoms with Crippen molar-refractivity contribution in [3.05, 3.63) is 16.5 Å². The number of hydrogen-bond donors (Lipinski definition) is 1. The van der Waals surface area contributed by atoms with Crippen LogP contribution in [-0.4, -0.2) is 18.5 Å². The van der Waals surface area contributed by atoms with E-state index in [1.165, 1.54) is 11.3 Å². The van der Waals surface area contributed by atoms with E-state index in [1.807, 2.05) is 5.38 Å². The summed E-state index contributed by atoms with van der Waals surface area (Å²) in [6, 6.07) is 0.